The molecular formula is C14H20BrNOS. The third kappa shape index (κ3) is 5.12. The number of halogens is 1. The Balaban J connectivity index is 2.32. The molecule has 1 rings (SSSR count). The Morgan fingerprint density at radius 1 is 1.28 bits per heavy atom. The second-order valence-electron chi connectivity index (χ2n) is 3.98. The molecule has 0 aliphatic carbocycles. The molecule has 0 saturated heterocycles. The van der Waals surface area contributed by atoms with E-state index in [1.54, 1.807) is 11.8 Å². The molecule has 1 aromatic carbocycles. The first kappa shape index (κ1) is 15.7. The highest BCUT2D eigenvalue weighted by Gasteiger charge is 2.09. The second kappa shape index (κ2) is 8.73. The van der Waals surface area contributed by atoms with E-state index in [1.165, 1.54) is 0 Å². The lowest BCUT2D eigenvalue weighted by molar-refractivity contribution is 0.102. The van der Waals surface area contributed by atoms with Gasteiger partial charge in [0.15, 0.2) is 5.78 Å². The molecule has 0 heterocycles. The Morgan fingerprint density at radius 2 is 1.94 bits per heavy atom. The van der Waals surface area contributed by atoms with Gasteiger partial charge in [-0.2, -0.15) is 11.8 Å². The van der Waals surface area contributed by atoms with Gasteiger partial charge in [-0.15, -0.1) is 0 Å². The Morgan fingerprint density at radius 3 is 2.56 bits per heavy atom. The molecule has 0 N–H and O–H groups in total. The monoisotopic (exact) mass is 329 g/mol. The van der Waals surface area contributed by atoms with Gasteiger partial charge in [-0.05, 0) is 19.2 Å². The minimum atomic E-state index is 0.201. The van der Waals surface area contributed by atoms with Crippen LogP contribution >= 0.6 is 27.7 Å². The molecule has 100 valence electrons. The first-order valence-electron chi connectivity index (χ1n) is 6.26. The summed E-state index contributed by atoms with van der Waals surface area (Å²) in [5.41, 5.74) is 0.785. The van der Waals surface area contributed by atoms with Crippen LogP contribution in [0, 0.1) is 0 Å². The van der Waals surface area contributed by atoms with Crippen LogP contribution in [0.3, 0.4) is 0 Å². The predicted octanol–water partition coefficient (Wildman–Crippen LogP) is 3.71. The van der Waals surface area contributed by atoms with Crippen molar-refractivity contribution in [1.82, 2.24) is 4.90 Å². The van der Waals surface area contributed by atoms with Gasteiger partial charge in [0.25, 0.3) is 0 Å². The summed E-state index contributed by atoms with van der Waals surface area (Å²) in [6.45, 7) is 7.55. The topological polar surface area (TPSA) is 20.3 Å². The third-order valence-corrected chi connectivity index (χ3v) is 4.48. The molecule has 0 bridgehead atoms. The minimum absolute atomic E-state index is 0.201. The molecule has 0 fully saturated rings. The van der Waals surface area contributed by atoms with Crippen LogP contribution in [0.1, 0.15) is 24.2 Å². The zero-order valence-corrected chi connectivity index (χ0v) is 13.4. The number of rotatable bonds is 8. The second-order valence-corrected chi connectivity index (χ2v) is 5.94. The third-order valence-electron chi connectivity index (χ3n) is 2.85. The van der Waals surface area contributed by atoms with Gasteiger partial charge in [0.05, 0.1) is 5.75 Å². The van der Waals surface area contributed by atoms with Crippen LogP contribution in [0.5, 0.6) is 0 Å². The van der Waals surface area contributed by atoms with Crippen molar-refractivity contribution >= 4 is 33.5 Å². The van der Waals surface area contributed by atoms with Crippen LogP contribution in [-0.4, -0.2) is 41.8 Å². The molecule has 0 aromatic heterocycles. The van der Waals surface area contributed by atoms with Gasteiger partial charge in [-0.1, -0.05) is 48.0 Å². The Hall–Kier alpha value is -0.320. The smallest absolute Gasteiger partial charge is 0.173 e. The summed E-state index contributed by atoms with van der Waals surface area (Å²) >= 11 is 5.13. The van der Waals surface area contributed by atoms with Crippen LogP contribution in [0.4, 0.5) is 0 Å². The molecule has 18 heavy (non-hydrogen) atoms. The van der Waals surface area contributed by atoms with E-state index in [0.29, 0.717) is 5.75 Å². The first-order valence-corrected chi connectivity index (χ1v) is 8.21. The fourth-order valence-electron chi connectivity index (χ4n) is 1.66. The van der Waals surface area contributed by atoms with Gasteiger partial charge in [0, 0.05) is 22.3 Å². The number of thioether (sulfide) groups is 1. The molecule has 4 heteroatoms. The lowest BCUT2D eigenvalue weighted by Gasteiger charge is -2.17. The first-order chi connectivity index (χ1) is 8.69. The quantitative estimate of drug-likeness (QED) is 0.535. The number of Topliss-reactive ketones (excluding diaryl/α,β-unsaturated/α-hetero) is 1. The van der Waals surface area contributed by atoms with E-state index >= 15 is 0 Å². The number of hydrogen-bond donors (Lipinski definition) is 0. The van der Waals surface area contributed by atoms with E-state index < -0.39 is 0 Å². The van der Waals surface area contributed by atoms with Gasteiger partial charge in [-0.3, -0.25) is 4.79 Å². The Kier molecular flexibility index (Phi) is 7.63. The maximum Gasteiger partial charge on any atom is 0.173 e. The van der Waals surface area contributed by atoms with Gasteiger partial charge in [0.2, 0.25) is 0 Å². The molecule has 0 spiro atoms. The lowest BCUT2D eigenvalue weighted by atomic mass is 10.1. The highest BCUT2D eigenvalue weighted by atomic mass is 79.9. The predicted molar refractivity (Wildman–Crippen MR) is 83.6 cm³/mol. The van der Waals surface area contributed by atoms with E-state index in [4.69, 9.17) is 0 Å². The number of hydrogen-bond acceptors (Lipinski definition) is 3. The molecule has 0 unspecified atom stereocenters. The number of carbonyl (C=O) groups excluding carboxylic acids is 1. The fraction of sp³-hybridized carbons (Fsp3) is 0.500. The molecule has 0 saturated carbocycles. The summed E-state index contributed by atoms with van der Waals surface area (Å²) in [5.74, 6) is 1.77. The molecular weight excluding hydrogens is 310 g/mol. The van der Waals surface area contributed by atoms with E-state index in [1.807, 2.05) is 24.3 Å². The zero-order chi connectivity index (χ0) is 13.4. The Bertz CT molecular complexity index is 380. The average molecular weight is 330 g/mol. The van der Waals surface area contributed by atoms with Gasteiger partial charge >= 0.3 is 0 Å². The molecule has 1 aromatic rings. The zero-order valence-electron chi connectivity index (χ0n) is 11.0. The minimum Gasteiger partial charge on any atom is -0.303 e. The molecule has 0 atom stereocenters. The van der Waals surface area contributed by atoms with Crippen molar-refractivity contribution in [2.75, 3.05) is 31.1 Å². The van der Waals surface area contributed by atoms with Crippen molar-refractivity contribution in [2.45, 2.75) is 13.8 Å². The van der Waals surface area contributed by atoms with E-state index in [0.717, 1.165) is 35.4 Å². The number of carbonyl (C=O) groups is 1. The standard InChI is InChI=1S/C14H20BrNOS/c1-3-16(4-2)9-10-18-11-14(17)12-7-5-6-8-13(12)15/h5-8H,3-4,9-11H2,1-2H3. The lowest BCUT2D eigenvalue weighted by Crippen LogP contribution is -2.25. The van der Waals surface area contributed by atoms with E-state index in [2.05, 4.69) is 34.7 Å². The maximum absolute atomic E-state index is 12.0. The van der Waals surface area contributed by atoms with E-state index in [9.17, 15) is 4.79 Å². The van der Waals surface area contributed by atoms with Crippen molar-refractivity contribution in [2.24, 2.45) is 0 Å². The van der Waals surface area contributed by atoms with Crippen LogP contribution < -0.4 is 0 Å². The number of benzene rings is 1. The van der Waals surface area contributed by atoms with Crippen molar-refractivity contribution in [1.29, 1.82) is 0 Å². The molecule has 2 nitrogen and oxygen atoms in total. The summed E-state index contributed by atoms with van der Waals surface area (Å²) in [4.78, 5) is 14.4. The van der Waals surface area contributed by atoms with Crippen LogP contribution in [0.2, 0.25) is 0 Å². The maximum atomic E-state index is 12.0. The molecule has 0 amide bonds. The summed E-state index contributed by atoms with van der Waals surface area (Å²) < 4.78 is 0.888. The Labute approximate surface area is 122 Å². The number of ketones is 1. The summed E-state index contributed by atoms with van der Waals surface area (Å²) in [6.07, 6.45) is 0. The van der Waals surface area contributed by atoms with Crippen molar-refractivity contribution in [3.8, 4) is 0 Å². The van der Waals surface area contributed by atoms with Gasteiger partial charge < -0.3 is 4.90 Å². The highest BCUT2D eigenvalue weighted by Crippen LogP contribution is 2.18. The molecule has 0 aliphatic rings. The highest BCUT2D eigenvalue weighted by molar-refractivity contribution is 9.10. The van der Waals surface area contributed by atoms with Crippen molar-refractivity contribution < 1.29 is 4.79 Å². The fourth-order valence-corrected chi connectivity index (χ4v) is 3.04. The van der Waals surface area contributed by atoms with Gasteiger partial charge in [0.1, 0.15) is 0 Å². The molecule has 0 radical (unpaired) electrons. The SMILES string of the molecule is CCN(CC)CCSCC(=O)c1ccccc1Br. The number of nitrogens with zero attached hydrogens (tertiary/aromatic N) is 1. The average Bonchev–Trinajstić information content (AvgIpc) is 2.39. The summed E-state index contributed by atoms with van der Waals surface area (Å²) in [6, 6.07) is 7.61. The largest absolute Gasteiger partial charge is 0.303 e. The normalized spacial score (nSPS) is 10.9. The summed E-state index contributed by atoms with van der Waals surface area (Å²) in [5, 5.41) is 0. The van der Waals surface area contributed by atoms with Crippen LogP contribution in [-0.2, 0) is 0 Å². The van der Waals surface area contributed by atoms with Crippen LogP contribution in [0.25, 0.3) is 0 Å². The van der Waals surface area contributed by atoms with Crippen LogP contribution in [0.15, 0.2) is 28.7 Å². The van der Waals surface area contributed by atoms with Crippen molar-refractivity contribution in [3.63, 3.8) is 0 Å². The van der Waals surface area contributed by atoms with E-state index in [-0.39, 0.29) is 5.78 Å². The summed E-state index contributed by atoms with van der Waals surface area (Å²) in [7, 11) is 0. The van der Waals surface area contributed by atoms with Gasteiger partial charge in [-0.25, -0.2) is 0 Å². The van der Waals surface area contributed by atoms with Crippen molar-refractivity contribution in [3.05, 3.63) is 34.3 Å². The molecule has 0 aliphatic heterocycles.